The fourth-order valence-corrected chi connectivity index (χ4v) is 1.43. The first kappa shape index (κ1) is 9.41. The molecule has 0 aromatic heterocycles. The summed E-state index contributed by atoms with van der Waals surface area (Å²) < 4.78 is 0. The Morgan fingerprint density at radius 2 is 2.00 bits per heavy atom. The first-order chi connectivity index (χ1) is 5.83. The van der Waals surface area contributed by atoms with Gasteiger partial charge >= 0.3 is 0 Å². The van der Waals surface area contributed by atoms with Gasteiger partial charge in [-0.25, -0.2) is 0 Å². The molecule has 0 saturated heterocycles. The molecule has 68 valence electrons. The van der Waals surface area contributed by atoms with Crippen LogP contribution in [-0.2, 0) is 9.78 Å². The normalized spacial score (nSPS) is 26.2. The van der Waals surface area contributed by atoms with Crippen molar-refractivity contribution in [3.63, 3.8) is 0 Å². The van der Waals surface area contributed by atoms with Gasteiger partial charge in [-0.05, 0) is 25.2 Å². The Bertz CT molecular complexity index is 190. The van der Waals surface area contributed by atoms with Crippen LogP contribution in [0.25, 0.3) is 0 Å². The fraction of sp³-hybridized carbons (Fsp3) is 0.800. The molecule has 1 aliphatic rings. The van der Waals surface area contributed by atoms with E-state index in [2.05, 4.69) is 30.8 Å². The molecule has 1 unspecified atom stereocenters. The largest absolute Gasteiger partial charge is 0.281 e. The molecule has 0 fully saturated rings. The quantitative estimate of drug-likeness (QED) is 0.464. The lowest BCUT2D eigenvalue weighted by Crippen LogP contribution is -2.27. The second-order valence-corrected chi connectivity index (χ2v) is 3.24. The molecule has 2 nitrogen and oxygen atoms in total. The molecule has 0 radical (unpaired) electrons. The van der Waals surface area contributed by atoms with E-state index in [1.165, 1.54) is 6.42 Å². The van der Waals surface area contributed by atoms with Gasteiger partial charge in [0.1, 0.15) is 0 Å². The van der Waals surface area contributed by atoms with Crippen molar-refractivity contribution in [1.29, 1.82) is 0 Å². The third kappa shape index (κ3) is 2.15. The van der Waals surface area contributed by atoms with Crippen LogP contribution in [-0.4, -0.2) is 5.60 Å². The summed E-state index contributed by atoms with van der Waals surface area (Å²) in [6.45, 7) is 4.31. The van der Waals surface area contributed by atoms with Gasteiger partial charge in [-0.15, -0.1) is 0 Å². The Morgan fingerprint density at radius 1 is 1.17 bits per heavy atom. The molecule has 1 aliphatic heterocycles. The first-order valence-corrected chi connectivity index (χ1v) is 4.70. The summed E-state index contributed by atoms with van der Waals surface area (Å²) in [5.74, 6) is 3.01. The maximum absolute atomic E-state index is 5.16. The molecule has 0 amide bonds. The highest BCUT2D eigenvalue weighted by Gasteiger charge is 2.32. The standard InChI is InChI=1S/C10H16O2/c1-3-5-7-10(6-4-2)8-9-11-12-10/h3-7H2,1-2H3. The zero-order chi connectivity index (χ0) is 8.86. The minimum Gasteiger partial charge on any atom is -0.281 e. The zero-order valence-electron chi connectivity index (χ0n) is 7.85. The lowest BCUT2D eigenvalue weighted by atomic mass is 9.93. The molecule has 1 heterocycles. The van der Waals surface area contributed by atoms with E-state index in [-0.39, 0.29) is 5.60 Å². The van der Waals surface area contributed by atoms with Crippen molar-refractivity contribution in [2.24, 2.45) is 0 Å². The Hall–Kier alpha value is -0.680. The molecule has 1 atom stereocenters. The van der Waals surface area contributed by atoms with Crippen LogP contribution in [0, 0.1) is 12.0 Å². The summed E-state index contributed by atoms with van der Waals surface area (Å²) in [6.07, 6.45) is 7.91. The van der Waals surface area contributed by atoms with E-state index in [0.29, 0.717) is 0 Å². The number of rotatable bonds is 5. The van der Waals surface area contributed by atoms with Crippen molar-refractivity contribution < 1.29 is 9.78 Å². The monoisotopic (exact) mass is 168 g/mol. The molecule has 12 heavy (non-hydrogen) atoms. The van der Waals surface area contributed by atoms with Crippen LogP contribution < -0.4 is 0 Å². The highest BCUT2D eigenvalue weighted by atomic mass is 17.2. The Morgan fingerprint density at radius 3 is 2.50 bits per heavy atom. The predicted octanol–water partition coefficient (Wildman–Crippen LogP) is 2.64. The lowest BCUT2D eigenvalue weighted by molar-refractivity contribution is -0.287. The topological polar surface area (TPSA) is 18.5 Å². The molecular formula is C10H16O2. The minimum atomic E-state index is -0.287. The summed E-state index contributed by atoms with van der Waals surface area (Å²) in [6, 6.07) is 0. The Labute approximate surface area is 74.2 Å². The highest BCUT2D eigenvalue weighted by molar-refractivity contribution is 5.13. The predicted molar refractivity (Wildman–Crippen MR) is 47.1 cm³/mol. The van der Waals surface area contributed by atoms with Gasteiger partial charge in [-0.3, -0.25) is 4.89 Å². The molecule has 0 saturated carbocycles. The number of hydrogen-bond acceptors (Lipinski definition) is 2. The maximum Gasteiger partial charge on any atom is 0.179 e. The fourth-order valence-electron chi connectivity index (χ4n) is 1.43. The molecule has 2 heteroatoms. The highest BCUT2D eigenvalue weighted by Crippen LogP contribution is 2.27. The van der Waals surface area contributed by atoms with Crippen molar-refractivity contribution >= 4 is 0 Å². The summed E-state index contributed by atoms with van der Waals surface area (Å²) >= 11 is 0. The van der Waals surface area contributed by atoms with E-state index in [0.717, 1.165) is 25.7 Å². The SMILES string of the molecule is CCCCC1(CCC)C#COO1. The van der Waals surface area contributed by atoms with Gasteiger partial charge in [0.2, 0.25) is 0 Å². The van der Waals surface area contributed by atoms with Gasteiger partial charge in [-0.1, -0.05) is 26.7 Å². The van der Waals surface area contributed by atoms with E-state index in [1.54, 1.807) is 0 Å². The Kier molecular flexibility index (Phi) is 3.43. The lowest BCUT2D eigenvalue weighted by Gasteiger charge is -2.20. The molecule has 0 spiro atoms. The molecule has 0 bridgehead atoms. The van der Waals surface area contributed by atoms with E-state index in [1.807, 2.05) is 0 Å². The molecule has 1 rings (SSSR count). The van der Waals surface area contributed by atoms with Crippen LogP contribution in [0.5, 0.6) is 0 Å². The van der Waals surface area contributed by atoms with Gasteiger partial charge < -0.3 is 0 Å². The van der Waals surface area contributed by atoms with E-state index in [4.69, 9.17) is 4.89 Å². The molecule has 0 aromatic rings. The van der Waals surface area contributed by atoms with Gasteiger partial charge in [0, 0.05) is 0 Å². The van der Waals surface area contributed by atoms with Gasteiger partial charge in [-0.2, -0.15) is 4.89 Å². The van der Waals surface area contributed by atoms with Gasteiger partial charge in [0.15, 0.2) is 11.7 Å². The number of hydrogen-bond donors (Lipinski definition) is 0. The second kappa shape index (κ2) is 4.37. The molecule has 0 N–H and O–H groups in total. The van der Waals surface area contributed by atoms with E-state index < -0.39 is 0 Å². The van der Waals surface area contributed by atoms with Gasteiger partial charge in [0.25, 0.3) is 0 Å². The second-order valence-electron chi connectivity index (χ2n) is 3.24. The van der Waals surface area contributed by atoms with Crippen LogP contribution in [0.2, 0.25) is 0 Å². The first-order valence-electron chi connectivity index (χ1n) is 4.70. The summed E-state index contributed by atoms with van der Waals surface area (Å²) in [5.41, 5.74) is -0.287. The molecule has 0 aromatic carbocycles. The average Bonchev–Trinajstić information content (AvgIpc) is 2.51. The summed E-state index contributed by atoms with van der Waals surface area (Å²) in [4.78, 5) is 9.81. The van der Waals surface area contributed by atoms with Crippen LogP contribution in [0.3, 0.4) is 0 Å². The van der Waals surface area contributed by atoms with E-state index >= 15 is 0 Å². The van der Waals surface area contributed by atoms with Gasteiger partial charge in [0.05, 0.1) is 0 Å². The number of unbranched alkanes of at least 4 members (excludes halogenated alkanes) is 1. The Balaban J connectivity index is 2.44. The average molecular weight is 168 g/mol. The van der Waals surface area contributed by atoms with Crippen LogP contribution >= 0.6 is 0 Å². The van der Waals surface area contributed by atoms with Crippen molar-refractivity contribution in [3.8, 4) is 12.0 Å². The van der Waals surface area contributed by atoms with Crippen molar-refractivity contribution in [2.75, 3.05) is 0 Å². The third-order valence-corrected chi connectivity index (χ3v) is 2.11. The van der Waals surface area contributed by atoms with E-state index in [9.17, 15) is 0 Å². The van der Waals surface area contributed by atoms with Crippen molar-refractivity contribution in [1.82, 2.24) is 0 Å². The van der Waals surface area contributed by atoms with Crippen molar-refractivity contribution in [3.05, 3.63) is 0 Å². The van der Waals surface area contributed by atoms with Crippen LogP contribution in [0.15, 0.2) is 0 Å². The third-order valence-electron chi connectivity index (χ3n) is 2.11. The molecular weight excluding hydrogens is 152 g/mol. The maximum atomic E-state index is 5.16. The molecule has 0 aliphatic carbocycles. The smallest absolute Gasteiger partial charge is 0.179 e. The summed E-state index contributed by atoms with van der Waals surface area (Å²) in [5, 5.41) is 0. The summed E-state index contributed by atoms with van der Waals surface area (Å²) in [7, 11) is 0. The zero-order valence-corrected chi connectivity index (χ0v) is 7.85. The van der Waals surface area contributed by atoms with Crippen LogP contribution in [0.1, 0.15) is 46.0 Å². The minimum absolute atomic E-state index is 0.287. The van der Waals surface area contributed by atoms with Crippen LogP contribution in [0.4, 0.5) is 0 Å². The van der Waals surface area contributed by atoms with Crippen molar-refractivity contribution in [2.45, 2.75) is 51.6 Å².